The van der Waals surface area contributed by atoms with E-state index in [4.69, 9.17) is 5.73 Å². The minimum Gasteiger partial charge on any atom is -0.337 e. The van der Waals surface area contributed by atoms with Crippen LogP contribution in [-0.2, 0) is 10.0 Å². The smallest absolute Gasteiger partial charge is 0.254 e. The summed E-state index contributed by atoms with van der Waals surface area (Å²) in [5.74, 6) is -0.146. The molecule has 128 valence electrons. The third kappa shape index (κ3) is 3.57. The summed E-state index contributed by atoms with van der Waals surface area (Å²) in [6.07, 6.45) is 0.780. The standard InChI is InChI=1S/C16H25N3O3S/c1-4-19(5-2)23(21,22)14-7-6-12(3)15(10-14)16(20)18-9-8-13(17)11-18/h6-7,10,13H,4-5,8-9,11,17H2,1-3H3/t13-/m1/s1. The van der Waals surface area contributed by atoms with Crippen LogP contribution in [-0.4, -0.2) is 55.8 Å². The van der Waals surface area contributed by atoms with Crippen molar-refractivity contribution in [2.45, 2.75) is 38.1 Å². The van der Waals surface area contributed by atoms with Crippen LogP contribution in [0.4, 0.5) is 0 Å². The van der Waals surface area contributed by atoms with Gasteiger partial charge in [0, 0.05) is 37.8 Å². The maximum atomic E-state index is 12.7. The van der Waals surface area contributed by atoms with E-state index < -0.39 is 10.0 Å². The zero-order valence-electron chi connectivity index (χ0n) is 13.9. The molecule has 0 radical (unpaired) electrons. The first-order valence-corrected chi connectivity index (χ1v) is 9.40. The van der Waals surface area contributed by atoms with Gasteiger partial charge in [0.2, 0.25) is 10.0 Å². The van der Waals surface area contributed by atoms with Crippen molar-refractivity contribution in [3.8, 4) is 0 Å². The second-order valence-electron chi connectivity index (χ2n) is 5.87. The lowest BCUT2D eigenvalue weighted by Crippen LogP contribution is -2.33. The number of hydrogen-bond acceptors (Lipinski definition) is 4. The number of carbonyl (C=O) groups excluding carboxylic acids is 1. The highest BCUT2D eigenvalue weighted by molar-refractivity contribution is 7.89. The Morgan fingerprint density at radius 2 is 2.00 bits per heavy atom. The van der Waals surface area contributed by atoms with E-state index in [0.717, 1.165) is 12.0 Å². The fourth-order valence-electron chi connectivity index (χ4n) is 2.85. The lowest BCUT2D eigenvalue weighted by molar-refractivity contribution is 0.0790. The molecular formula is C16H25N3O3S. The number of likely N-dealkylation sites (tertiary alicyclic amines) is 1. The molecule has 0 saturated carbocycles. The Balaban J connectivity index is 2.38. The van der Waals surface area contributed by atoms with Gasteiger partial charge in [0.1, 0.15) is 0 Å². The number of nitrogens with two attached hydrogens (primary N) is 1. The highest BCUT2D eigenvalue weighted by Crippen LogP contribution is 2.22. The molecule has 1 aliphatic heterocycles. The van der Waals surface area contributed by atoms with E-state index in [0.29, 0.717) is 31.7 Å². The van der Waals surface area contributed by atoms with Gasteiger partial charge in [-0.15, -0.1) is 0 Å². The van der Waals surface area contributed by atoms with E-state index in [-0.39, 0.29) is 16.8 Å². The van der Waals surface area contributed by atoms with Gasteiger partial charge < -0.3 is 10.6 Å². The zero-order chi connectivity index (χ0) is 17.2. The predicted molar refractivity (Wildman–Crippen MR) is 89.8 cm³/mol. The van der Waals surface area contributed by atoms with E-state index in [1.165, 1.54) is 10.4 Å². The first kappa shape index (κ1) is 17.9. The third-order valence-corrected chi connectivity index (χ3v) is 6.34. The molecule has 1 amide bonds. The molecule has 0 aromatic heterocycles. The summed E-state index contributed by atoms with van der Waals surface area (Å²) >= 11 is 0. The van der Waals surface area contributed by atoms with E-state index in [1.54, 1.807) is 30.9 Å². The molecule has 1 aromatic carbocycles. The summed E-state index contributed by atoms with van der Waals surface area (Å²) in [4.78, 5) is 14.5. The van der Waals surface area contributed by atoms with Crippen molar-refractivity contribution in [3.63, 3.8) is 0 Å². The van der Waals surface area contributed by atoms with Crippen molar-refractivity contribution in [3.05, 3.63) is 29.3 Å². The third-order valence-electron chi connectivity index (χ3n) is 4.29. The van der Waals surface area contributed by atoms with Crippen LogP contribution in [0.1, 0.15) is 36.2 Å². The van der Waals surface area contributed by atoms with Crippen LogP contribution in [0.5, 0.6) is 0 Å². The van der Waals surface area contributed by atoms with Gasteiger partial charge in [0.15, 0.2) is 0 Å². The molecule has 0 unspecified atom stereocenters. The Morgan fingerprint density at radius 3 is 2.52 bits per heavy atom. The topological polar surface area (TPSA) is 83.7 Å². The monoisotopic (exact) mass is 339 g/mol. The van der Waals surface area contributed by atoms with Gasteiger partial charge >= 0.3 is 0 Å². The predicted octanol–water partition coefficient (Wildman–Crippen LogP) is 1.20. The SMILES string of the molecule is CCN(CC)S(=O)(=O)c1ccc(C)c(C(=O)N2CC[C@@H](N)C2)c1. The molecule has 23 heavy (non-hydrogen) atoms. The molecule has 1 aromatic rings. The molecule has 0 aliphatic carbocycles. The molecule has 1 fully saturated rings. The number of aryl methyl sites for hydroxylation is 1. The number of benzene rings is 1. The summed E-state index contributed by atoms with van der Waals surface area (Å²) in [5.41, 5.74) is 7.07. The van der Waals surface area contributed by atoms with Crippen molar-refractivity contribution in [1.82, 2.24) is 9.21 Å². The molecule has 7 heteroatoms. The van der Waals surface area contributed by atoms with Crippen molar-refractivity contribution < 1.29 is 13.2 Å². The summed E-state index contributed by atoms with van der Waals surface area (Å²) < 4.78 is 26.7. The molecule has 1 aliphatic rings. The summed E-state index contributed by atoms with van der Waals surface area (Å²) in [6.45, 7) is 7.35. The van der Waals surface area contributed by atoms with E-state index >= 15 is 0 Å². The van der Waals surface area contributed by atoms with Crippen LogP contribution in [0.15, 0.2) is 23.1 Å². The van der Waals surface area contributed by atoms with Gasteiger partial charge in [-0.05, 0) is 31.0 Å². The molecule has 1 saturated heterocycles. The van der Waals surface area contributed by atoms with Gasteiger partial charge in [-0.1, -0.05) is 19.9 Å². The van der Waals surface area contributed by atoms with E-state index in [1.807, 2.05) is 6.92 Å². The first-order chi connectivity index (χ1) is 10.8. The second-order valence-corrected chi connectivity index (χ2v) is 7.80. The van der Waals surface area contributed by atoms with Gasteiger partial charge in [-0.3, -0.25) is 4.79 Å². The minimum atomic E-state index is -3.57. The molecule has 0 spiro atoms. The van der Waals surface area contributed by atoms with Crippen LogP contribution in [0, 0.1) is 6.92 Å². The lowest BCUT2D eigenvalue weighted by atomic mass is 10.1. The van der Waals surface area contributed by atoms with Crippen LogP contribution in [0.3, 0.4) is 0 Å². The fourth-order valence-corrected chi connectivity index (χ4v) is 4.33. The minimum absolute atomic E-state index is 0.00171. The fraction of sp³-hybridized carbons (Fsp3) is 0.562. The molecule has 6 nitrogen and oxygen atoms in total. The second kappa shape index (κ2) is 6.98. The summed E-state index contributed by atoms with van der Waals surface area (Å²) in [5, 5.41) is 0. The number of nitrogens with zero attached hydrogens (tertiary/aromatic N) is 2. The number of rotatable bonds is 5. The first-order valence-electron chi connectivity index (χ1n) is 7.96. The normalized spacial score (nSPS) is 18.7. The van der Waals surface area contributed by atoms with E-state index in [9.17, 15) is 13.2 Å². The number of carbonyl (C=O) groups is 1. The van der Waals surface area contributed by atoms with Crippen LogP contribution in [0.2, 0.25) is 0 Å². The maximum Gasteiger partial charge on any atom is 0.254 e. The lowest BCUT2D eigenvalue weighted by Gasteiger charge is -2.21. The van der Waals surface area contributed by atoms with Gasteiger partial charge in [0.25, 0.3) is 5.91 Å². The van der Waals surface area contributed by atoms with Crippen LogP contribution < -0.4 is 5.73 Å². The Kier molecular flexibility index (Phi) is 5.44. The average Bonchev–Trinajstić information content (AvgIpc) is 2.94. The maximum absolute atomic E-state index is 12.7. The quantitative estimate of drug-likeness (QED) is 0.874. The van der Waals surface area contributed by atoms with Crippen molar-refractivity contribution in [2.24, 2.45) is 5.73 Å². The van der Waals surface area contributed by atoms with E-state index in [2.05, 4.69) is 0 Å². The molecular weight excluding hydrogens is 314 g/mol. The highest BCUT2D eigenvalue weighted by Gasteiger charge is 2.28. The molecule has 0 bridgehead atoms. The Labute approximate surface area is 138 Å². The largest absolute Gasteiger partial charge is 0.337 e. The zero-order valence-corrected chi connectivity index (χ0v) is 14.8. The summed E-state index contributed by atoms with van der Waals surface area (Å²) in [7, 11) is -3.57. The Bertz CT molecular complexity index is 684. The van der Waals surface area contributed by atoms with Crippen molar-refractivity contribution in [2.75, 3.05) is 26.2 Å². The highest BCUT2D eigenvalue weighted by atomic mass is 32.2. The van der Waals surface area contributed by atoms with Crippen molar-refractivity contribution >= 4 is 15.9 Å². The summed E-state index contributed by atoms with van der Waals surface area (Å²) in [6, 6.07) is 4.76. The van der Waals surface area contributed by atoms with Gasteiger partial charge in [-0.2, -0.15) is 4.31 Å². The van der Waals surface area contributed by atoms with Gasteiger partial charge in [0.05, 0.1) is 4.90 Å². The molecule has 1 atom stereocenters. The number of hydrogen-bond donors (Lipinski definition) is 1. The number of sulfonamides is 1. The number of amides is 1. The van der Waals surface area contributed by atoms with Crippen molar-refractivity contribution in [1.29, 1.82) is 0 Å². The Morgan fingerprint density at radius 1 is 1.35 bits per heavy atom. The van der Waals surface area contributed by atoms with Crippen LogP contribution >= 0.6 is 0 Å². The molecule has 1 heterocycles. The Hall–Kier alpha value is -1.44. The average molecular weight is 339 g/mol. The molecule has 2 N–H and O–H groups in total. The molecule has 2 rings (SSSR count). The van der Waals surface area contributed by atoms with Crippen LogP contribution in [0.25, 0.3) is 0 Å². The van der Waals surface area contributed by atoms with Gasteiger partial charge in [-0.25, -0.2) is 8.42 Å².